The van der Waals surface area contributed by atoms with Crippen molar-refractivity contribution in [3.63, 3.8) is 0 Å². The zero-order chi connectivity index (χ0) is 14.9. The molecule has 0 unspecified atom stereocenters. The molecule has 4 heteroatoms. The molecule has 3 nitrogen and oxygen atoms in total. The Labute approximate surface area is 131 Å². The summed E-state index contributed by atoms with van der Waals surface area (Å²) in [6.45, 7) is 0. The maximum atomic E-state index is 12.8. The number of nitrogens with two attached hydrogens (primary N) is 1. The summed E-state index contributed by atoms with van der Waals surface area (Å²) in [6.07, 6.45) is 8.24. The van der Waals surface area contributed by atoms with Crippen LogP contribution in [0.3, 0.4) is 0 Å². The van der Waals surface area contributed by atoms with Gasteiger partial charge in [-0.25, -0.2) is 0 Å². The Hall–Kier alpha value is -1.42. The Morgan fingerprint density at radius 2 is 1.81 bits per heavy atom. The molecule has 0 spiro atoms. The van der Waals surface area contributed by atoms with Gasteiger partial charge in [-0.1, -0.05) is 37.5 Å². The van der Waals surface area contributed by atoms with Gasteiger partial charge in [0, 0.05) is 5.69 Å². The van der Waals surface area contributed by atoms with E-state index in [1.807, 2.05) is 6.07 Å². The number of nitrogens with one attached hydrogen (secondary N) is 1. The number of aryl methyl sites for hydroxylation is 2. The van der Waals surface area contributed by atoms with Gasteiger partial charge in [-0.15, -0.1) is 0 Å². The first kappa shape index (κ1) is 14.5. The van der Waals surface area contributed by atoms with Crippen molar-refractivity contribution in [3.05, 3.63) is 29.3 Å². The Bertz CT molecular complexity index is 576. The Morgan fingerprint density at radius 1 is 1.10 bits per heavy atom. The lowest BCUT2D eigenvalue weighted by Gasteiger charge is -2.34. The quantitative estimate of drug-likeness (QED) is 0.842. The van der Waals surface area contributed by atoms with Crippen LogP contribution in [0.2, 0.25) is 0 Å². The number of anilines is 1. The highest BCUT2D eigenvalue weighted by Crippen LogP contribution is 2.38. The van der Waals surface area contributed by atoms with Gasteiger partial charge in [-0.05, 0) is 55.4 Å². The van der Waals surface area contributed by atoms with E-state index < -0.39 is 5.41 Å². The molecule has 1 amide bonds. The molecule has 0 atom stereocenters. The van der Waals surface area contributed by atoms with Gasteiger partial charge in [0.15, 0.2) is 0 Å². The standard InChI is InChI=1S/C17H22N2OS/c18-15(21)17(9-2-1-3-10-17)16(20)19-14-8-7-12-5-4-6-13(12)11-14/h7-8,11H,1-6,9-10H2,(H2,18,21)(H,19,20). The molecule has 2 aliphatic rings. The topological polar surface area (TPSA) is 55.1 Å². The number of hydrogen-bond acceptors (Lipinski definition) is 2. The molecular formula is C17H22N2OS. The van der Waals surface area contributed by atoms with Crippen LogP contribution in [0.15, 0.2) is 18.2 Å². The van der Waals surface area contributed by atoms with Gasteiger partial charge in [0.05, 0.1) is 10.4 Å². The van der Waals surface area contributed by atoms with Crippen LogP contribution < -0.4 is 11.1 Å². The van der Waals surface area contributed by atoms with Crippen molar-refractivity contribution in [1.82, 2.24) is 0 Å². The monoisotopic (exact) mass is 302 g/mol. The van der Waals surface area contributed by atoms with Gasteiger partial charge in [0.25, 0.3) is 0 Å². The molecule has 0 aromatic heterocycles. The van der Waals surface area contributed by atoms with Gasteiger partial charge in [0.1, 0.15) is 0 Å². The highest BCUT2D eigenvalue weighted by Gasteiger charge is 2.42. The number of carbonyl (C=O) groups is 1. The van der Waals surface area contributed by atoms with E-state index in [2.05, 4.69) is 17.4 Å². The summed E-state index contributed by atoms with van der Waals surface area (Å²) in [5, 5.41) is 3.06. The molecule has 2 aliphatic carbocycles. The Kier molecular flexibility index (Phi) is 3.98. The summed E-state index contributed by atoms with van der Waals surface area (Å²) >= 11 is 5.22. The third-order valence-corrected chi connectivity index (χ3v) is 5.36. The fraction of sp³-hybridized carbons (Fsp3) is 0.529. The molecule has 1 fully saturated rings. The van der Waals surface area contributed by atoms with Crippen LogP contribution >= 0.6 is 12.2 Å². The van der Waals surface area contributed by atoms with Gasteiger partial charge >= 0.3 is 0 Å². The predicted octanol–water partition coefficient (Wildman–Crippen LogP) is 3.35. The molecule has 1 saturated carbocycles. The van der Waals surface area contributed by atoms with Crippen molar-refractivity contribution in [2.24, 2.45) is 11.1 Å². The molecule has 0 saturated heterocycles. The van der Waals surface area contributed by atoms with Crippen LogP contribution in [0.1, 0.15) is 49.7 Å². The Morgan fingerprint density at radius 3 is 2.52 bits per heavy atom. The number of hydrogen-bond donors (Lipinski definition) is 2. The van der Waals surface area contributed by atoms with Gasteiger partial charge in [-0.3, -0.25) is 4.79 Å². The van der Waals surface area contributed by atoms with E-state index in [9.17, 15) is 4.79 Å². The van der Waals surface area contributed by atoms with Crippen LogP contribution in [0.5, 0.6) is 0 Å². The first-order valence-corrected chi connectivity index (χ1v) is 8.26. The van der Waals surface area contributed by atoms with E-state index in [4.69, 9.17) is 18.0 Å². The van der Waals surface area contributed by atoms with Crippen LogP contribution in [0.25, 0.3) is 0 Å². The van der Waals surface area contributed by atoms with E-state index in [1.165, 1.54) is 17.5 Å². The number of benzene rings is 1. The number of amides is 1. The summed E-state index contributed by atoms with van der Waals surface area (Å²) in [4.78, 5) is 13.1. The molecule has 0 radical (unpaired) electrons. The lowest BCUT2D eigenvalue weighted by molar-refractivity contribution is -0.123. The minimum Gasteiger partial charge on any atom is -0.392 e. The minimum absolute atomic E-state index is 0.0207. The van der Waals surface area contributed by atoms with Crippen molar-refractivity contribution >= 4 is 28.8 Å². The molecule has 0 bridgehead atoms. The molecule has 0 aliphatic heterocycles. The van der Waals surface area contributed by atoms with Crippen LogP contribution in [0.4, 0.5) is 5.69 Å². The second-order valence-electron chi connectivity index (χ2n) is 6.30. The van der Waals surface area contributed by atoms with E-state index in [-0.39, 0.29) is 5.91 Å². The van der Waals surface area contributed by atoms with E-state index in [1.54, 1.807) is 0 Å². The number of rotatable bonds is 3. The summed E-state index contributed by atoms with van der Waals surface area (Å²) in [5.41, 5.74) is 8.92. The molecule has 3 rings (SSSR count). The first-order chi connectivity index (χ1) is 10.1. The number of thiocarbonyl (C=S) groups is 1. The van der Waals surface area contributed by atoms with Crippen LogP contribution in [-0.4, -0.2) is 10.9 Å². The average Bonchev–Trinajstić information content (AvgIpc) is 2.95. The lowest BCUT2D eigenvalue weighted by Crippen LogP contribution is -2.47. The molecule has 1 aromatic carbocycles. The average molecular weight is 302 g/mol. The fourth-order valence-corrected chi connectivity index (χ4v) is 3.94. The van der Waals surface area contributed by atoms with Crippen molar-refractivity contribution in [2.45, 2.75) is 51.4 Å². The largest absolute Gasteiger partial charge is 0.392 e. The summed E-state index contributed by atoms with van der Waals surface area (Å²) in [6, 6.07) is 6.24. The third kappa shape index (κ3) is 2.69. The zero-order valence-electron chi connectivity index (χ0n) is 12.3. The summed E-state index contributed by atoms with van der Waals surface area (Å²) in [7, 11) is 0. The molecule has 21 heavy (non-hydrogen) atoms. The summed E-state index contributed by atoms with van der Waals surface area (Å²) < 4.78 is 0. The fourth-order valence-electron chi connectivity index (χ4n) is 3.64. The van der Waals surface area contributed by atoms with Crippen LogP contribution in [0, 0.1) is 5.41 Å². The second kappa shape index (κ2) is 5.76. The van der Waals surface area contributed by atoms with E-state index in [0.717, 1.165) is 50.6 Å². The number of fused-ring (bicyclic) bond motifs is 1. The normalized spacial score (nSPS) is 19.8. The zero-order valence-corrected chi connectivity index (χ0v) is 13.1. The number of carbonyl (C=O) groups excluding carboxylic acids is 1. The molecular weight excluding hydrogens is 280 g/mol. The molecule has 1 aromatic rings. The lowest BCUT2D eigenvalue weighted by atomic mass is 9.73. The maximum absolute atomic E-state index is 12.8. The molecule has 0 heterocycles. The van der Waals surface area contributed by atoms with Crippen molar-refractivity contribution in [1.29, 1.82) is 0 Å². The van der Waals surface area contributed by atoms with Crippen molar-refractivity contribution < 1.29 is 4.79 Å². The van der Waals surface area contributed by atoms with Crippen LogP contribution in [-0.2, 0) is 17.6 Å². The van der Waals surface area contributed by atoms with Gasteiger partial charge < -0.3 is 11.1 Å². The third-order valence-electron chi connectivity index (χ3n) is 4.97. The van der Waals surface area contributed by atoms with E-state index in [0.29, 0.717) is 4.99 Å². The molecule has 112 valence electrons. The highest BCUT2D eigenvalue weighted by molar-refractivity contribution is 7.80. The SMILES string of the molecule is NC(=S)C1(C(=O)Nc2ccc3c(c2)CCC3)CCCCC1. The highest BCUT2D eigenvalue weighted by atomic mass is 32.1. The van der Waals surface area contributed by atoms with Crippen molar-refractivity contribution in [2.75, 3.05) is 5.32 Å². The minimum atomic E-state index is -0.646. The van der Waals surface area contributed by atoms with Gasteiger partial charge in [-0.2, -0.15) is 0 Å². The Balaban J connectivity index is 1.79. The smallest absolute Gasteiger partial charge is 0.237 e. The predicted molar refractivity (Wildman–Crippen MR) is 89.4 cm³/mol. The second-order valence-corrected chi connectivity index (χ2v) is 6.74. The summed E-state index contributed by atoms with van der Waals surface area (Å²) in [5.74, 6) is -0.0207. The van der Waals surface area contributed by atoms with Crippen molar-refractivity contribution in [3.8, 4) is 0 Å². The van der Waals surface area contributed by atoms with E-state index >= 15 is 0 Å². The maximum Gasteiger partial charge on any atom is 0.237 e. The van der Waals surface area contributed by atoms with Gasteiger partial charge in [0.2, 0.25) is 5.91 Å². The molecule has 3 N–H and O–H groups in total. The first-order valence-electron chi connectivity index (χ1n) is 7.85.